The number of halogens is 2. The van der Waals surface area contributed by atoms with E-state index in [9.17, 15) is 9.59 Å². The highest BCUT2D eigenvalue weighted by molar-refractivity contribution is 6.36. The Morgan fingerprint density at radius 1 is 1.00 bits per heavy atom. The van der Waals surface area contributed by atoms with E-state index in [1.807, 2.05) is 45.0 Å². The van der Waals surface area contributed by atoms with E-state index in [0.717, 1.165) is 11.1 Å². The van der Waals surface area contributed by atoms with Gasteiger partial charge in [0.15, 0.2) is 0 Å². The van der Waals surface area contributed by atoms with Gasteiger partial charge in [-0.3, -0.25) is 9.59 Å². The van der Waals surface area contributed by atoms with E-state index in [0.29, 0.717) is 22.2 Å². The molecule has 0 fully saturated rings. The first-order valence-corrected chi connectivity index (χ1v) is 10.0. The molecule has 150 valence electrons. The fourth-order valence-corrected chi connectivity index (χ4v) is 3.36. The lowest BCUT2D eigenvalue weighted by Crippen LogP contribution is -2.49. The second kappa shape index (κ2) is 9.94. The van der Waals surface area contributed by atoms with Gasteiger partial charge in [-0.1, -0.05) is 59.1 Å². The number of nitrogens with zero attached hydrogens (tertiary/aromatic N) is 1. The highest BCUT2D eigenvalue weighted by Gasteiger charge is 2.27. The molecule has 0 heterocycles. The molecule has 1 unspecified atom stereocenters. The first kappa shape index (κ1) is 22.3. The number of amides is 2. The van der Waals surface area contributed by atoms with E-state index in [-0.39, 0.29) is 24.3 Å². The number of benzene rings is 2. The zero-order valence-corrected chi connectivity index (χ0v) is 18.1. The smallest absolute Gasteiger partial charge is 0.242 e. The van der Waals surface area contributed by atoms with Crippen molar-refractivity contribution in [3.8, 4) is 0 Å². The molecule has 2 aromatic carbocycles. The molecule has 1 N–H and O–H groups in total. The molecule has 6 heteroatoms. The molecule has 0 spiro atoms. The molecule has 2 aromatic rings. The Balaban J connectivity index is 2.29. The van der Waals surface area contributed by atoms with E-state index in [1.54, 1.807) is 30.0 Å². The number of rotatable bonds is 7. The van der Waals surface area contributed by atoms with Crippen LogP contribution in [0.3, 0.4) is 0 Å². The third kappa shape index (κ3) is 5.98. The number of hydrogen-bond donors (Lipinski definition) is 1. The van der Waals surface area contributed by atoms with Crippen molar-refractivity contribution in [1.82, 2.24) is 10.2 Å². The van der Waals surface area contributed by atoms with Crippen LogP contribution in [-0.4, -0.2) is 28.8 Å². The molecule has 0 aromatic heterocycles. The molecule has 4 nitrogen and oxygen atoms in total. The van der Waals surface area contributed by atoms with Crippen LogP contribution in [-0.2, 0) is 22.6 Å². The van der Waals surface area contributed by atoms with Gasteiger partial charge in [-0.05, 0) is 51.0 Å². The van der Waals surface area contributed by atoms with Gasteiger partial charge in [-0.25, -0.2) is 0 Å². The van der Waals surface area contributed by atoms with Gasteiger partial charge in [0.1, 0.15) is 6.04 Å². The Bertz CT molecular complexity index is 815. The van der Waals surface area contributed by atoms with Gasteiger partial charge in [0, 0.05) is 22.6 Å². The van der Waals surface area contributed by atoms with Gasteiger partial charge >= 0.3 is 0 Å². The molecule has 0 bridgehead atoms. The van der Waals surface area contributed by atoms with Crippen LogP contribution >= 0.6 is 23.2 Å². The molecule has 0 saturated heterocycles. The summed E-state index contributed by atoms with van der Waals surface area (Å²) in [6.07, 6.45) is 0.0314. The summed E-state index contributed by atoms with van der Waals surface area (Å²) in [6.45, 7) is 7.84. The molecule has 28 heavy (non-hydrogen) atoms. The van der Waals surface area contributed by atoms with Gasteiger partial charge in [0.25, 0.3) is 0 Å². The third-order valence-electron chi connectivity index (χ3n) is 4.46. The lowest BCUT2D eigenvalue weighted by Gasteiger charge is -2.29. The van der Waals surface area contributed by atoms with Crippen molar-refractivity contribution < 1.29 is 9.59 Å². The lowest BCUT2D eigenvalue weighted by atomic mass is 10.1. The highest BCUT2D eigenvalue weighted by Crippen LogP contribution is 2.26. The Morgan fingerprint density at radius 2 is 1.57 bits per heavy atom. The number of hydrogen-bond acceptors (Lipinski definition) is 2. The number of aryl methyl sites for hydroxylation is 1. The summed E-state index contributed by atoms with van der Waals surface area (Å²) in [5.41, 5.74) is 2.66. The monoisotopic (exact) mass is 420 g/mol. The number of carbonyl (C=O) groups excluding carboxylic acids is 2. The van der Waals surface area contributed by atoms with Gasteiger partial charge in [0.2, 0.25) is 11.8 Å². The topological polar surface area (TPSA) is 49.4 Å². The molecule has 2 rings (SSSR count). The van der Waals surface area contributed by atoms with Gasteiger partial charge in [-0.15, -0.1) is 0 Å². The molecule has 0 saturated carbocycles. The summed E-state index contributed by atoms with van der Waals surface area (Å²) in [4.78, 5) is 27.3. The van der Waals surface area contributed by atoms with Gasteiger partial charge in [-0.2, -0.15) is 0 Å². The largest absolute Gasteiger partial charge is 0.352 e. The van der Waals surface area contributed by atoms with E-state index in [1.165, 1.54) is 0 Å². The average molecular weight is 421 g/mol. The van der Waals surface area contributed by atoms with Crippen LogP contribution in [0.4, 0.5) is 0 Å². The molecule has 2 amide bonds. The SMILES string of the molecule is Cc1ccc(CN(C(=O)Cc2c(Cl)cccc2Cl)C(C)C(=O)NC(C)C)cc1. The summed E-state index contributed by atoms with van der Waals surface area (Å²) < 4.78 is 0. The Hall–Kier alpha value is -2.04. The van der Waals surface area contributed by atoms with Crippen molar-refractivity contribution in [2.75, 3.05) is 0 Å². The van der Waals surface area contributed by atoms with E-state index >= 15 is 0 Å². The normalized spacial score (nSPS) is 12.0. The first-order valence-electron chi connectivity index (χ1n) is 9.27. The van der Waals surface area contributed by atoms with Crippen LogP contribution < -0.4 is 5.32 Å². The predicted octanol–water partition coefficient (Wildman–Crippen LogP) is 4.79. The Labute approximate surface area is 176 Å². The van der Waals surface area contributed by atoms with Crippen molar-refractivity contribution >= 4 is 35.0 Å². The van der Waals surface area contributed by atoms with Crippen LogP contribution in [0.25, 0.3) is 0 Å². The summed E-state index contributed by atoms with van der Waals surface area (Å²) in [6, 6.07) is 12.4. The molecule has 0 radical (unpaired) electrons. The fraction of sp³-hybridized carbons (Fsp3) is 0.364. The minimum atomic E-state index is -0.627. The minimum Gasteiger partial charge on any atom is -0.352 e. The molecule has 1 atom stereocenters. The van der Waals surface area contributed by atoms with Crippen molar-refractivity contribution in [3.05, 3.63) is 69.2 Å². The van der Waals surface area contributed by atoms with E-state index in [4.69, 9.17) is 23.2 Å². The van der Waals surface area contributed by atoms with E-state index < -0.39 is 6.04 Å². The van der Waals surface area contributed by atoms with Crippen LogP contribution in [0.5, 0.6) is 0 Å². The number of carbonyl (C=O) groups is 2. The standard InChI is InChI=1S/C22H26Cl2N2O2/c1-14(2)25-22(28)16(4)26(13-17-10-8-15(3)9-11-17)21(27)12-18-19(23)6-5-7-20(18)24/h5-11,14,16H,12-13H2,1-4H3,(H,25,28). The van der Waals surface area contributed by atoms with Crippen molar-refractivity contribution in [2.24, 2.45) is 0 Å². The van der Waals surface area contributed by atoms with Crippen LogP contribution in [0.1, 0.15) is 37.5 Å². The first-order chi connectivity index (χ1) is 13.2. The maximum atomic E-state index is 13.1. The lowest BCUT2D eigenvalue weighted by molar-refractivity contribution is -0.140. The molecule has 0 aliphatic heterocycles. The highest BCUT2D eigenvalue weighted by atomic mass is 35.5. The minimum absolute atomic E-state index is 0.00992. The van der Waals surface area contributed by atoms with Gasteiger partial charge < -0.3 is 10.2 Å². The van der Waals surface area contributed by atoms with Crippen LogP contribution in [0, 0.1) is 6.92 Å². The second-order valence-electron chi connectivity index (χ2n) is 7.22. The van der Waals surface area contributed by atoms with Crippen molar-refractivity contribution in [3.63, 3.8) is 0 Å². The molecular formula is C22H26Cl2N2O2. The van der Waals surface area contributed by atoms with E-state index in [2.05, 4.69) is 5.32 Å². The Morgan fingerprint density at radius 3 is 2.11 bits per heavy atom. The second-order valence-corrected chi connectivity index (χ2v) is 8.04. The quantitative estimate of drug-likeness (QED) is 0.699. The predicted molar refractivity (Wildman–Crippen MR) is 115 cm³/mol. The molecular weight excluding hydrogens is 395 g/mol. The molecule has 0 aliphatic rings. The summed E-state index contributed by atoms with van der Waals surface area (Å²) in [5.74, 6) is -0.400. The Kier molecular flexibility index (Phi) is 7.90. The van der Waals surface area contributed by atoms with Crippen LogP contribution in [0.15, 0.2) is 42.5 Å². The zero-order chi connectivity index (χ0) is 20.8. The van der Waals surface area contributed by atoms with Crippen molar-refractivity contribution in [2.45, 2.75) is 52.7 Å². The zero-order valence-electron chi connectivity index (χ0n) is 16.6. The summed E-state index contributed by atoms with van der Waals surface area (Å²) >= 11 is 12.5. The third-order valence-corrected chi connectivity index (χ3v) is 5.17. The van der Waals surface area contributed by atoms with Crippen molar-refractivity contribution in [1.29, 1.82) is 0 Å². The fourth-order valence-electron chi connectivity index (χ4n) is 2.83. The maximum Gasteiger partial charge on any atom is 0.242 e. The average Bonchev–Trinajstić information content (AvgIpc) is 2.63. The van der Waals surface area contributed by atoms with Gasteiger partial charge in [0.05, 0.1) is 6.42 Å². The summed E-state index contributed by atoms with van der Waals surface area (Å²) in [7, 11) is 0. The molecule has 0 aliphatic carbocycles. The summed E-state index contributed by atoms with van der Waals surface area (Å²) in [5, 5.41) is 3.75. The maximum absolute atomic E-state index is 13.1. The number of nitrogens with one attached hydrogen (secondary N) is 1. The van der Waals surface area contributed by atoms with Crippen LogP contribution in [0.2, 0.25) is 10.0 Å².